The van der Waals surface area contributed by atoms with Gasteiger partial charge in [-0.1, -0.05) is 27.2 Å². The Kier molecular flexibility index (Phi) is 6.35. The summed E-state index contributed by atoms with van der Waals surface area (Å²) in [5.41, 5.74) is 5.85. The van der Waals surface area contributed by atoms with Crippen LogP contribution in [0.1, 0.15) is 47.0 Å². The number of hydrogen-bond acceptors (Lipinski definition) is 2. The van der Waals surface area contributed by atoms with Gasteiger partial charge in [0.15, 0.2) is 0 Å². The Hall–Kier alpha value is -0.0800. The molecule has 0 bridgehead atoms. The van der Waals surface area contributed by atoms with Crippen LogP contribution in [0.2, 0.25) is 0 Å². The van der Waals surface area contributed by atoms with Crippen molar-refractivity contribution in [2.75, 3.05) is 13.2 Å². The van der Waals surface area contributed by atoms with Gasteiger partial charge in [-0.3, -0.25) is 0 Å². The average molecular weight is 187 g/mol. The summed E-state index contributed by atoms with van der Waals surface area (Å²) in [4.78, 5) is 0. The van der Waals surface area contributed by atoms with Crippen LogP contribution >= 0.6 is 0 Å². The highest BCUT2D eigenvalue weighted by molar-refractivity contribution is 4.68. The molecule has 13 heavy (non-hydrogen) atoms. The minimum atomic E-state index is 0.228. The summed E-state index contributed by atoms with van der Waals surface area (Å²) in [6, 6.07) is 0. The van der Waals surface area contributed by atoms with Gasteiger partial charge in [0.1, 0.15) is 0 Å². The third-order valence-electron chi connectivity index (χ3n) is 2.43. The molecule has 0 rings (SSSR count). The second kappa shape index (κ2) is 6.39. The van der Waals surface area contributed by atoms with Crippen molar-refractivity contribution in [3.05, 3.63) is 0 Å². The summed E-state index contributed by atoms with van der Waals surface area (Å²) in [5.74, 6) is 0. The Morgan fingerprint density at radius 1 is 1.38 bits per heavy atom. The maximum absolute atomic E-state index is 5.66. The fourth-order valence-electron chi connectivity index (χ4n) is 1.13. The highest BCUT2D eigenvalue weighted by Gasteiger charge is 2.15. The Bertz CT molecular complexity index is 123. The van der Waals surface area contributed by atoms with E-state index >= 15 is 0 Å². The van der Waals surface area contributed by atoms with Gasteiger partial charge in [-0.15, -0.1) is 0 Å². The molecule has 0 radical (unpaired) electrons. The maximum Gasteiger partial charge on any atom is 0.0546 e. The van der Waals surface area contributed by atoms with E-state index in [4.69, 9.17) is 10.5 Å². The molecule has 1 atom stereocenters. The highest BCUT2D eigenvalue weighted by Crippen LogP contribution is 2.18. The van der Waals surface area contributed by atoms with Gasteiger partial charge in [-0.25, -0.2) is 0 Å². The first kappa shape index (κ1) is 12.9. The predicted molar refractivity (Wildman–Crippen MR) is 57.8 cm³/mol. The molecule has 0 aliphatic rings. The molecule has 2 nitrogen and oxygen atoms in total. The zero-order valence-corrected chi connectivity index (χ0v) is 9.60. The van der Waals surface area contributed by atoms with E-state index in [1.165, 1.54) is 6.42 Å². The lowest BCUT2D eigenvalue weighted by Crippen LogP contribution is -2.25. The third-order valence-corrected chi connectivity index (χ3v) is 2.43. The molecule has 1 unspecified atom stereocenters. The van der Waals surface area contributed by atoms with Crippen molar-refractivity contribution in [1.82, 2.24) is 0 Å². The number of ether oxygens (including phenoxy) is 1. The molecule has 0 saturated heterocycles. The van der Waals surface area contributed by atoms with Crippen LogP contribution in [0.4, 0.5) is 0 Å². The molecule has 0 aliphatic heterocycles. The largest absolute Gasteiger partial charge is 0.378 e. The van der Waals surface area contributed by atoms with E-state index in [0.29, 0.717) is 6.10 Å². The van der Waals surface area contributed by atoms with Crippen LogP contribution in [0.15, 0.2) is 0 Å². The maximum atomic E-state index is 5.66. The third kappa shape index (κ3) is 7.03. The van der Waals surface area contributed by atoms with E-state index in [9.17, 15) is 0 Å². The molecule has 0 fully saturated rings. The molecular weight excluding hydrogens is 162 g/mol. The van der Waals surface area contributed by atoms with Crippen LogP contribution in [-0.2, 0) is 4.74 Å². The molecule has 0 saturated carbocycles. The van der Waals surface area contributed by atoms with E-state index in [-0.39, 0.29) is 5.41 Å². The van der Waals surface area contributed by atoms with E-state index in [2.05, 4.69) is 27.7 Å². The molecule has 0 amide bonds. The van der Waals surface area contributed by atoms with Gasteiger partial charge in [0.25, 0.3) is 0 Å². The number of hydrogen-bond donors (Lipinski definition) is 1. The van der Waals surface area contributed by atoms with Crippen LogP contribution in [0.5, 0.6) is 0 Å². The van der Waals surface area contributed by atoms with E-state index < -0.39 is 0 Å². The Morgan fingerprint density at radius 3 is 2.46 bits per heavy atom. The zero-order valence-electron chi connectivity index (χ0n) is 9.60. The molecule has 80 valence electrons. The molecular formula is C11H25NO. The van der Waals surface area contributed by atoms with Crippen molar-refractivity contribution >= 4 is 0 Å². The summed E-state index contributed by atoms with van der Waals surface area (Å²) >= 11 is 0. The summed E-state index contributed by atoms with van der Waals surface area (Å²) < 4.78 is 5.66. The lowest BCUT2D eigenvalue weighted by atomic mass is 9.90. The fourth-order valence-corrected chi connectivity index (χ4v) is 1.13. The molecule has 0 spiro atoms. The Balaban J connectivity index is 3.44. The number of nitrogens with two attached hydrogens (primary N) is 1. The lowest BCUT2D eigenvalue weighted by Gasteiger charge is -2.23. The fraction of sp³-hybridized carbons (Fsp3) is 1.00. The lowest BCUT2D eigenvalue weighted by molar-refractivity contribution is 0.0424. The average Bonchev–Trinajstić information content (AvgIpc) is 2.05. The molecule has 0 aliphatic carbocycles. The molecule has 0 aromatic carbocycles. The van der Waals surface area contributed by atoms with Crippen molar-refractivity contribution in [2.24, 2.45) is 11.1 Å². The molecule has 0 aromatic rings. The van der Waals surface area contributed by atoms with Crippen molar-refractivity contribution in [1.29, 1.82) is 0 Å². The summed E-state index contributed by atoms with van der Waals surface area (Å²) in [5, 5.41) is 0. The predicted octanol–water partition coefficient (Wildman–Crippen LogP) is 2.57. The molecule has 0 aromatic heterocycles. The van der Waals surface area contributed by atoms with Crippen molar-refractivity contribution in [2.45, 2.75) is 53.1 Å². The summed E-state index contributed by atoms with van der Waals surface area (Å²) in [6.45, 7) is 10.3. The molecule has 2 N–H and O–H groups in total. The molecule has 0 heterocycles. The van der Waals surface area contributed by atoms with E-state index in [1.807, 2.05) is 0 Å². The van der Waals surface area contributed by atoms with Crippen LogP contribution in [-0.4, -0.2) is 19.3 Å². The van der Waals surface area contributed by atoms with Gasteiger partial charge < -0.3 is 10.5 Å². The van der Waals surface area contributed by atoms with Crippen LogP contribution in [0.3, 0.4) is 0 Å². The van der Waals surface area contributed by atoms with Gasteiger partial charge in [0.05, 0.1) is 6.10 Å². The summed E-state index contributed by atoms with van der Waals surface area (Å²) in [6.07, 6.45) is 3.81. The Morgan fingerprint density at radius 2 is 2.00 bits per heavy atom. The smallest absolute Gasteiger partial charge is 0.0546 e. The summed E-state index contributed by atoms with van der Waals surface area (Å²) in [7, 11) is 0. The van der Waals surface area contributed by atoms with Crippen LogP contribution < -0.4 is 5.73 Å². The minimum absolute atomic E-state index is 0.228. The number of rotatable bonds is 7. The van der Waals surface area contributed by atoms with E-state index in [0.717, 1.165) is 26.0 Å². The zero-order chi connectivity index (χ0) is 10.3. The monoisotopic (exact) mass is 187 g/mol. The quantitative estimate of drug-likeness (QED) is 0.665. The highest BCUT2D eigenvalue weighted by atomic mass is 16.5. The van der Waals surface area contributed by atoms with Crippen LogP contribution in [0.25, 0.3) is 0 Å². The second-order valence-corrected chi connectivity index (χ2v) is 4.59. The van der Waals surface area contributed by atoms with Crippen LogP contribution in [0, 0.1) is 5.41 Å². The van der Waals surface area contributed by atoms with Crippen molar-refractivity contribution in [3.8, 4) is 0 Å². The topological polar surface area (TPSA) is 35.2 Å². The Labute approximate surface area is 82.8 Å². The van der Waals surface area contributed by atoms with Crippen molar-refractivity contribution < 1.29 is 4.74 Å². The first-order valence-corrected chi connectivity index (χ1v) is 5.33. The minimum Gasteiger partial charge on any atom is -0.378 e. The van der Waals surface area contributed by atoms with Gasteiger partial charge >= 0.3 is 0 Å². The first-order chi connectivity index (χ1) is 6.02. The van der Waals surface area contributed by atoms with Gasteiger partial charge in [0, 0.05) is 6.61 Å². The van der Waals surface area contributed by atoms with Crippen molar-refractivity contribution in [3.63, 3.8) is 0 Å². The van der Waals surface area contributed by atoms with Gasteiger partial charge in [-0.05, 0) is 31.7 Å². The van der Waals surface area contributed by atoms with Gasteiger partial charge in [0.2, 0.25) is 0 Å². The first-order valence-electron chi connectivity index (χ1n) is 5.33. The molecule has 2 heteroatoms. The normalized spacial score (nSPS) is 14.5. The standard InChI is InChI=1S/C11H25NO/c1-5-6-10(2)13-8-7-11(3,4)9-12/h10H,5-9,12H2,1-4H3. The van der Waals surface area contributed by atoms with Gasteiger partial charge in [-0.2, -0.15) is 0 Å². The van der Waals surface area contributed by atoms with E-state index in [1.54, 1.807) is 0 Å². The second-order valence-electron chi connectivity index (χ2n) is 4.59. The SMILES string of the molecule is CCCC(C)OCCC(C)(C)CN.